The summed E-state index contributed by atoms with van der Waals surface area (Å²) in [5.74, 6) is 0.736. The fraction of sp³-hybridized carbons (Fsp3) is 0.500. The normalized spacial score (nSPS) is 16.4. The quantitative estimate of drug-likeness (QED) is 0.837. The summed E-state index contributed by atoms with van der Waals surface area (Å²) in [5, 5.41) is 6.15. The van der Waals surface area contributed by atoms with Gasteiger partial charge in [-0.2, -0.15) is 0 Å². The Morgan fingerprint density at radius 3 is 2.65 bits per heavy atom. The van der Waals surface area contributed by atoms with Crippen LogP contribution in [0.5, 0.6) is 0 Å². The topological polar surface area (TPSA) is 41.1 Å². The van der Waals surface area contributed by atoms with Crippen molar-refractivity contribution in [2.24, 2.45) is 5.92 Å². The first kappa shape index (κ1) is 12.0. The molecule has 0 aromatic heterocycles. The second-order valence-corrected chi connectivity index (χ2v) is 4.88. The van der Waals surface area contributed by atoms with E-state index in [2.05, 4.69) is 17.6 Å². The van der Waals surface area contributed by atoms with E-state index in [4.69, 9.17) is 0 Å². The van der Waals surface area contributed by atoms with E-state index in [0.29, 0.717) is 12.0 Å². The van der Waals surface area contributed by atoms with Gasteiger partial charge in [-0.1, -0.05) is 0 Å². The van der Waals surface area contributed by atoms with Gasteiger partial charge in [0.1, 0.15) is 0 Å². The van der Waals surface area contributed by atoms with Crippen molar-refractivity contribution in [2.75, 3.05) is 12.4 Å². The summed E-state index contributed by atoms with van der Waals surface area (Å²) in [6.45, 7) is 4.06. The largest absolute Gasteiger partial charge is 0.388 e. The van der Waals surface area contributed by atoms with Crippen molar-refractivity contribution < 1.29 is 4.79 Å². The Bertz CT molecular complexity index is 424. The molecule has 0 aliphatic heterocycles. The zero-order valence-corrected chi connectivity index (χ0v) is 10.7. The van der Waals surface area contributed by atoms with Crippen molar-refractivity contribution in [1.82, 2.24) is 5.32 Å². The lowest BCUT2D eigenvalue weighted by Crippen LogP contribution is -2.34. The number of benzene rings is 1. The third-order valence-electron chi connectivity index (χ3n) is 3.45. The number of carbonyl (C=O) groups is 1. The molecule has 0 spiro atoms. The van der Waals surface area contributed by atoms with Gasteiger partial charge in [0.05, 0.1) is 0 Å². The van der Waals surface area contributed by atoms with E-state index in [0.717, 1.165) is 16.8 Å². The van der Waals surface area contributed by atoms with Crippen LogP contribution in [0.15, 0.2) is 18.2 Å². The monoisotopic (exact) mass is 232 g/mol. The highest BCUT2D eigenvalue weighted by Gasteiger charge is 2.29. The maximum Gasteiger partial charge on any atom is 0.251 e. The molecule has 0 bridgehead atoms. The average molecular weight is 232 g/mol. The minimum atomic E-state index is 0.0459. The first-order chi connectivity index (χ1) is 8.11. The highest BCUT2D eigenvalue weighted by Crippen LogP contribution is 2.32. The van der Waals surface area contributed by atoms with Gasteiger partial charge in [0, 0.05) is 24.3 Å². The van der Waals surface area contributed by atoms with Crippen molar-refractivity contribution >= 4 is 11.6 Å². The van der Waals surface area contributed by atoms with Crippen LogP contribution in [0.2, 0.25) is 0 Å². The number of carbonyl (C=O) groups excluding carboxylic acids is 1. The third kappa shape index (κ3) is 2.78. The van der Waals surface area contributed by atoms with Crippen molar-refractivity contribution in [3.8, 4) is 0 Å². The number of aryl methyl sites for hydroxylation is 1. The van der Waals surface area contributed by atoms with E-state index in [1.807, 2.05) is 32.2 Å². The van der Waals surface area contributed by atoms with Crippen LogP contribution in [0, 0.1) is 12.8 Å². The summed E-state index contributed by atoms with van der Waals surface area (Å²) in [6.07, 6.45) is 2.50. The molecule has 2 rings (SSSR count). The molecule has 1 aliphatic carbocycles. The van der Waals surface area contributed by atoms with E-state index < -0.39 is 0 Å². The number of hydrogen-bond acceptors (Lipinski definition) is 2. The summed E-state index contributed by atoms with van der Waals surface area (Å²) in [7, 11) is 1.88. The van der Waals surface area contributed by atoms with E-state index >= 15 is 0 Å². The fourth-order valence-corrected chi connectivity index (χ4v) is 2.07. The molecule has 1 aliphatic rings. The van der Waals surface area contributed by atoms with Crippen LogP contribution < -0.4 is 10.6 Å². The molecule has 3 nitrogen and oxygen atoms in total. The standard InChI is InChI=1S/C14H20N2O/c1-9-8-12(15-3)6-7-13(9)14(17)16-10(2)11-4-5-11/h6-8,10-11,15H,4-5H2,1-3H3,(H,16,17). The minimum Gasteiger partial charge on any atom is -0.388 e. The smallest absolute Gasteiger partial charge is 0.251 e. The third-order valence-corrected chi connectivity index (χ3v) is 3.45. The second-order valence-electron chi connectivity index (χ2n) is 4.88. The van der Waals surface area contributed by atoms with Crippen LogP contribution in [-0.2, 0) is 0 Å². The van der Waals surface area contributed by atoms with Crippen LogP contribution in [-0.4, -0.2) is 19.0 Å². The van der Waals surface area contributed by atoms with Gasteiger partial charge in [-0.3, -0.25) is 4.79 Å². The SMILES string of the molecule is CNc1ccc(C(=O)NC(C)C2CC2)c(C)c1. The van der Waals surface area contributed by atoms with Gasteiger partial charge in [-0.15, -0.1) is 0 Å². The molecular weight excluding hydrogens is 212 g/mol. The molecule has 2 N–H and O–H groups in total. The Balaban J connectivity index is 2.07. The van der Waals surface area contributed by atoms with E-state index in [1.54, 1.807) is 0 Å². The summed E-state index contributed by atoms with van der Waals surface area (Å²) >= 11 is 0. The van der Waals surface area contributed by atoms with Gasteiger partial charge in [0.25, 0.3) is 5.91 Å². The predicted octanol–water partition coefficient (Wildman–Crippen LogP) is 2.57. The molecule has 92 valence electrons. The van der Waals surface area contributed by atoms with E-state index in [1.165, 1.54) is 12.8 Å². The van der Waals surface area contributed by atoms with Gasteiger partial charge in [-0.25, -0.2) is 0 Å². The molecule has 1 fully saturated rings. The zero-order chi connectivity index (χ0) is 12.4. The first-order valence-electron chi connectivity index (χ1n) is 6.21. The number of rotatable bonds is 4. The van der Waals surface area contributed by atoms with Gasteiger partial charge < -0.3 is 10.6 Å². The minimum absolute atomic E-state index is 0.0459. The molecule has 1 aromatic carbocycles. The van der Waals surface area contributed by atoms with Gasteiger partial charge in [0.15, 0.2) is 0 Å². The number of amides is 1. The average Bonchev–Trinajstić information content (AvgIpc) is 3.12. The zero-order valence-electron chi connectivity index (χ0n) is 10.7. The summed E-state index contributed by atoms with van der Waals surface area (Å²) in [5.41, 5.74) is 2.82. The fourth-order valence-electron chi connectivity index (χ4n) is 2.07. The van der Waals surface area contributed by atoms with Gasteiger partial charge >= 0.3 is 0 Å². The molecule has 17 heavy (non-hydrogen) atoms. The highest BCUT2D eigenvalue weighted by molar-refractivity contribution is 5.96. The van der Waals surface area contributed by atoms with Crippen molar-refractivity contribution in [3.63, 3.8) is 0 Å². The number of hydrogen-bond donors (Lipinski definition) is 2. The lowest BCUT2D eigenvalue weighted by molar-refractivity contribution is 0.0935. The molecule has 3 heteroatoms. The Hall–Kier alpha value is -1.51. The molecule has 1 atom stereocenters. The Labute approximate surface area is 103 Å². The molecule has 1 aromatic rings. The molecule has 1 unspecified atom stereocenters. The molecular formula is C14H20N2O. The molecule has 1 amide bonds. The Morgan fingerprint density at radius 1 is 1.41 bits per heavy atom. The van der Waals surface area contributed by atoms with Gasteiger partial charge in [-0.05, 0) is 56.4 Å². The van der Waals surface area contributed by atoms with Crippen LogP contribution in [0.3, 0.4) is 0 Å². The number of anilines is 1. The first-order valence-corrected chi connectivity index (χ1v) is 6.21. The molecule has 0 saturated heterocycles. The van der Waals surface area contributed by atoms with Crippen LogP contribution in [0.4, 0.5) is 5.69 Å². The van der Waals surface area contributed by atoms with Crippen LogP contribution in [0.25, 0.3) is 0 Å². The molecule has 0 radical (unpaired) electrons. The van der Waals surface area contributed by atoms with Crippen LogP contribution in [0.1, 0.15) is 35.7 Å². The van der Waals surface area contributed by atoms with E-state index in [-0.39, 0.29) is 5.91 Å². The summed E-state index contributed by atoms with van der Waals surface area (Å²) < 4.78 is 0. The van der Waals surface area contributed by atoms with E-state index in [9.17, 15) is 4.79 Å². The van der Waals surface area contributed by atoms with Crippen molar-refractivity contribution in [3.05, 3.63) is 29.3 Å². The lowest BCUT2D eigenvalue weighted by atomic mass is 10.1. The predicted molar refractivity (Wildman–Crippen MR) is 70.4 cm³/mol. The Kier molecular flexibility index (Phi) is 3.36. The molecule has 1 saturated carbocycles. The van der Waals surface area contributed by atoms with Gasteiger partial charge in [0.2, 0.25) is 0 Å². The summed E-state index contributed by atoms with van der Waals surface area (Å²) in [6, 6.07) is 6.11. The van der Waals surface area contributed by atoms with Crippen LogP contribution >= 0.6 is 0 Å². The van der Waals surface area contributed by atoms with Crippen molar-refractivity contribution in [2.45, 2.75) is 32.7 Å². The van der Waals surface area contributed by atoms with Crippen molar-refractivity contribution in [1.29, 1.82) is 0 Å². The lowest BCUT2D eigenvalue weighted by Gasteiger charge is -2.14. The highest BCUT2D eigenvalue weighted by atomic mass is 16.1. The maximum atomic E-state index is 12.1. The second kappa shape index (κ2) is 4.78. The Morgan fingerprint density at radius 2 is 2.12 bits per heavy atom. The maximum absolute atomic E-state index is 12.1. The summed E-state index contributed by atoms with van der Waals surface area (Å²) in [4.78, 5) is 12.1. The molecule has 0 heterocycles. The number of nitrogens with one attached hydrogen (secondary N) is 2.